The minimum absolute atomic E-state index is 0.0301. The molecule has 0 aliphatic heterocycles. The largest absolute Gasteiger partial charge is 0.384 e. The molecule has 196 valence electrons. The van der Waals surface area contributed by atoms with Gasteiger partial charge in [-0.3, -0.25) is 11.5 Å². The lowest BCUT2D eigenvalue weighted by Crippen LogP contribution is -2.18. The Balaban J connectivity index is 0. The number of terminal acetylenes is 2. The van der Waals surface area contributed by atoms with Crippen LogP contribution in [-0.4, -0.2) is 32.8 Å². The lowest BCUT2D eigenvalue weighted by Gasteiger charge is -2.20. The van der Waals surface area contributed by atoms with Crippen LogP contribution in [0.5, 0.6) is 0 Å². The fourth-order valence-electron chi connectivity index (χ4n) is 1.83. The lowest BCUT2D eigenvalue weighted by atomic mass is 10.0. The molecule has 0 N–H and O–H groups in total. The molecular formula is C36H22O4P-. The van der Waals surface area contributed by atoms with Crippen LogP contribution in [0.3, 0.4) is 0 Å². The summed E-state index contributed by atoms with van der Waals surface area (Å²) in [6.07, 6.45) is 10.7. The molecule has 5 heteroatoms. The van der Waals surface area contributed by atoms with Crippen molar-refractivity contribution in [3.8, 4) is 155 Å². The van der Waals surface area contributed by atoms with E-state index >= 15 is 0 Å². The number of hydrogen-bond donors (Lipinski definition) is 0. The zero-order valence-corrected chi connectivity index (χ0v) is 23.7. The molecule has 4 nitrogen and oxygen atoms in total. The van der Waals surface area contributed by atoms with Crippen molar-refractivity contribution in [3.63, 3.8) is 0 Å². The molecule has 0 fully saturated rings. The summed E-state index contributed by atoms with van der Waals surface area (Å²) in [5, 5.41) is 0. The van der Waals surface area contributed by atoms with Crippen LogP contribution in [0.4, 0.5) is 0 Å². The van der Waals surface area contributed by atoms with Crippen LogP contribution in [0.2, 0.25) is 0 Å². The number of carbonyl (C=O) groups is 1. The second kappa shape index (κ2) is 28.7. The van der Waals surface area contributed by atoms with Crippen molar-refractivity contribution in [2.24, 2.45) is 5.92 Å². The van der Waals surface area contributed by atoms with Crippen LogP contribution in [0, 0.1) is 168 Å². The molecule has 0 saturated heterocycles. The van der Waals surface area contributed by atoms with Crippen molar-refractivity contribution >= 4 is 13.2 Å². The second-order valence-electron chi connectivity index (χ2n) is 6.77. The Morgan fingerprint density at radius 1 is 0.659 bits per heavy atom. The Kier molecular flexibility index (Phi) is 26.0. The summed E-state index contributed by atoms with van der Waals surface area (Å²) in [7, 11) is -1.14. The van der Waals surface area contributed by atoms with E-state index < -0.39 is 7.37 Å². The van der Waals surface area contributed by atoms with E-state index in [0.29, 0.717) is 19.4 Å². The van der Waals surface area contributed by atoms with Crippen LogP contribution < -0.4 is 0 Å². The maximum atomic E-state index is 11.2. The molecule has 0 aliphatic rings. The monoisotopic (exact) mass is 549 g/mol. The number of ketones is 1. The molecular weight excluding hydrogens is 527 g/mol. The van der Waals surface area contributed by atoms with Crippen LogP contribution in [0.15, 0.2) is 0 Å². The molecule has 0 aromatic rings. The molecule has 0 amide bonds. The number of hydrogen-bond acceptors (Lipinski definition) is 4. The predicted molar refractivity (Wildman–Crippen MR) is 163 cm³/mol. The van der Waals surface area contributed by atoms with Crippen molar-refractivity contribution < 1.29 is 18.6 Å². The summed E-state index contributed by atoms with van der Waals surface area (Å²) in [6.45, 7) is 7.38. The summed E-state index contributed by atoms with van der Waals surface area (Å²) in [5.41, 5.74) is 0. The van der Waals surface area contributed by atoms with Crippen LogP contribution in [0.25, 0.3) is 0 Å². The molecule has 0 saturated carbocycles. The van der Waals surface area contributed by atoms with Gasteiger partial charge in [0.15, 0.2) is 0 Å². The molecule has 0 rings (SSSR count). The van der Waals surface area contributed by atoms with E-state index in [1.165, 1.54) is 6.66 Å². The van der Waals surface area contributed by atoms with Gasteiger partial charge in [0.05, 0.1) is 20.6 Å². The molecule has 0 aromatic carbocycles. The first-order valence-electron chi connectivity index (χ1n) is 11.3. The number of methoxy groups -OCH3 is 1. The van der Waals surface area contributed by atoms with Crippen LogP contribution in [-0.2, 0) is 18.6 Å². The molecule has 0 heterocycles. The van der Waals surface area contributed by atoms with Gasteiger partial charge in [-0.2, -0.15) is 0 Å². The third-order valence-corrected chi connectivity index (χ3v) is 4.05. The minimum atomic E-state index is -2.71. The smallest absolute Gasteiger partial charge is 0.133 e. The average Bonchev–Trinajstić information content (AvgIpc) is 2.94. The topological polar surface area (TPSA) is 52.6 Å². The Bertz CT molecular complexity index is 1650. The molecule has 0 radical (unpaired) electrons. The summed E-state index contributed by atoms with van der Waals surface area (Å²) in [4.78, 5) is 11.2. The second-order valence-corrected chi connectivity index (χ2v) is 9.05. The fourth-order valence-corrected chi connectivity index (χ4v) is 2.35. The Morgan fingerprint density at radius 2 is 0.951 bits per heavy atom. The summed E-state index contributed by atoms with van der Waals surface area (Å²) in [5.74, 6) is 58.3. The van der Waals surface area contributed by atoms with E-state index in [1.807, 2.05) is 6.92 Å². The summed E-state index contributed by atoms with van der Waals surface area (Å²) in [6, 6.07) is 0. The van der Waals surface area contributed by atoms with Gasteiger partial charge in [-0.25, -0.2) is 0 Å². The number of ether oxygens (including phenoxy) is 1. The maximum Gasteiger partial charge on any atom is 0.133 e. The molecule has 0 aliphatic carbocycles. The highest BCUT2D eigenvalue weighted by molar-refractivity contribution is 7.59. The zero-order valence-electron chi connectivity index (χ0n) is 22.8. The predicted octanol–water partition coefficient (Wildman–Crippen LogP) is 2.62. The summed E-state index contributed by atoms with van der Waals surface area (Å²) < 4.78 is 21.3. The number of carbonyl (C=O) groups excluding carboxylic acids is 1. The van der Waals surface area contributed by atoms with Crippen molar-refractivity contribution in [2.45, 2.75) is 19.8 Å². The molecule has 0 aromatic heterocycles. The maximum absolute atomic E-state index is 11.2. The van der Waals surface area contributed by atoms with Gasteiger partial charge in [0, 0.05) is 73.2 Å². The van der Waals surface area contributed by atoms with E-state index in [9.17, 15) is 9.36 Å². The Labute approximate surface area is 245 Å². The number of rotatable bonds is 8. The van der Waals surface area contributed by atoms with Gasteiger partial charge in [-0.05, 0) is 101 Å². The first kappa shape index (κ1) is 37.3. The fraction of sp³-hybridized carbons (Fsp3) is 0.222. The highest BCUT2D eigenvalue weighted by Gasteiger charge is 2.14. The van der Waals surface area contributed by atoms with Crippen molar-refractivity contribution in [1.82, 2.24) is 0 Å². The first-order chi connectivity index (χ1) is 19.8. The quantitative estimate of drug-likeness (QED) is 0.266. The third kappa shape index (κ3) is 34.1. The average molecular weight is 550 g/mol. The molecule has 2 atom stereocenters. The van der Waals surface area contributed by atoms with Gasteiger partial charge >= 0.3 is 0 Å². The van der Waals surface area contributed by atoms with Gasteiger partial charge < -0.3 is 13.8 Å². The Hall–Kier alpha value is -5.90. The van der Waals surface area contributed by atoms with E-state index in [1.54, 1.807) is 7.11 Å². The number of Topliss-reactive ketones (excluding diaryl/α,β-unsaturated/α-hetero) is 1. The highest BCUT2D eigenvalue weighted by atomic mass is 31.2. The molecule has 41 heavy (non-hydrogen) atoms. The first-order valence-corrected chi connectivity index (χ1v) is 13.5. The molecule has 0 bridgehead atoms. The Morgan fingerprint density at radius 3 is 1.17 bits per heavy atom. The molecule has 0 unspecified atom stereocenters. The van der Waals surface area contributed by atoms with Crippen LogP contribution in [0.1, 0.15) is 19.8 Å². The third-order valence-electron chi connectivity index (χ3n) is 3.35. The van der Waals surface area contributed by atoms with Crippen molar-refractivity contribution in [3.05, 3.63) is 6.66 Å². The highest BCUT2D eigenvalue weighted by Crippen LogP contribution is 2.40. The van der Waals surface area contributed by atoms with E-state index in [2.05, 4.69) is 149 Å². The van der Waals surface area contributed by atoms with Gasteiger partial charge in [0.2, 0.25) is 0 Å². The van der Waals surface area contributed by atoms with Gasteiger partial charge in [-0.1, -0.05) is 6.92 Å². The zero-order chi connectivity index (χ0) is 30.9. The normalized spacial score (nSPS) is 8.63. The van der Waals surface area contributed by atoms with Crippen molar-refractivity contribution in [1.29, 1.82) is 0 Å². The van der Waals surface area contributed by atoms with Crippen LogP contribution >= 0.6 is 7.37 Å². The lowest BCUT2D eigenvalue weighted by molar-refractivity contribution is -0.120. The van der Waals surface area contributed by atoms with Gasteiger partial charge in [0.1, 0.15) is 5.78 Å². The minimum Gasteiger partial charge on any atom is -0.384 e. The van der Waals surface area contributed by atoms with Gasteiger partial charge in [-0.15, -0.1) is 12.8 Å². The SMILES string of the molecule is C#CC#CC#CC#CC#CC#CC#CC#CC#CC#CC#CC#CC#C.[CH2-][P@@](C)(=O)OC[C@H](COC)CC(=O)CC. The van der Waals surface area contributed by atoms with Gasteiger partial charge in [0.25, 0.3) is 0 Å². The van der Waals surface area contributed by atoms with E-state index in [0.717, 1.165) is 0 Å². The summed E-state index contributed by atoms with van der Waals surface area (Å²) >= 11 is 0. The van der Waals surface area contributed by atoms with Crippen molar-refractivity contribution in [2.75, 3.05) is 27.0 Å². The standard InChI is InChI=1S/C26H2.C10H20O4P/c1-3-5-7-9-11-13-15-17-19-21-23-25-26-24-22-20-18-16-14-12-10-8-6-4-2;1-5-10(11)6-9(7-13-2)8-14-15(3,4)12/h1-2H;9H,3,5-8H2,1-2,4H3/q;-1/t;9-,15+/m.0/s1. The molecule has 0 spiro atoms. The van der Waals surface area contributed by atoms with E-state index in [4.69, 9.17) is 22.1 Å². The van der Waals surface area contributed by atoms with E-state index in [-0.39, 0.29) is 18.3 Å².